The zero-order valence-electron chi connectivity index (χ0n) is 28.1. The van der Waals surface area contributed by atoms with E-state index in [-0.39, 0.29) is 0 Å². The van der Waals surface area contributed by atoms with E-state index in [0.717, 1.165) is 21.7 Å². The van der Waals surface area contributed by atoms with Gasteiger partial charge in [0.25, 0.3) is 0 Å². The van der Waals surface area contributed by atoms with Crippen LogP contribution in [0, 0.1) is 0 Å². The summed E-state index contributed by atoms with van der Waals surface area (Å²) in [5, 5.41) is 13.4. The Balaban J connectivity index is 1.18. The van der Waals surface area contributed by atoms with Crippen molar-refractivity contribution in [3.05, 3.63) is 177 Å². The Labute approximate surface area is 299 Å². The maximum absolute atomic E-state index is 4.66. The van der Waals surface area contributed by atoms with Crippen molar-refractivity contribution in [1.29, 1.82) is 0 Å². The summed E-state index contributed by atoms with van der Waals surface area (Å²) in [5.41, 5.74) is 10.5. The maximum atomic E-state index is 4.66. The Bertz CT molecular complexity index is 3090. The van der Waals surface area contributed by atoms with Gasteiger partial charge < -0.3 is 0 Å². The summed E-state index contributed by atoms with van der Waals surface area (Å²) in [6.45, 7) is 0. The number of fused-ring (bicyclic) bond motifs is 3. The van der Waals surface area contributed by atoms with E-state index < -0.39 is 0 Å². The van der Waals surface area contributed by atoms with Crippen LogP contribution in [0.3, 0.4) is 0 Å². The van der Waals surface area contributed by atoms with E-state index in [1.54, 1.807) is 0 Å². The van der Waals surface area contributed by atoms with Crippen LogP contribution >= 0.6 is 0 Å². The van der Waals surface area contributed by atoms with Crippen LogP contribution in [-0.2, 0) is 0 Å². The second-order valence-electron chi connectivity index (χ2n) is 13.7. The minimum Gasteiger partial charge on any atom is -0.264 e. The maximum Gasteiger partial charge on any atom is 0.0708 e. The van der Waals surface area contributed by atoms with Gasteiger partial charge in [-0.25, -0.2) is 0 Å². The third-order valence-electron chi connectivity index (χ3n) is 10.8. The molecule has 0 aliphatic carbocycles. The predicted octanol–water partition coefficient (Wildman–Crippen LogP) is 12.9. The molecular formula is C49H29N3. The third-order valence-corrected chi connectivity index (χ3v) is 10.8. The molecule has 3 heterocycles. The van der Waals surface area contributed by atoms with Crippen molar-refractivity contribution in [2.24, 2.45) is 0 Å². The first-order chi connectivity index (χ1) is 25.8. The highest BCUT2D eigenvalue weighted by molar-refractivity contribution is 6.27. The minimum atomic E-state index is 1.01. The van der Waals surface area contributed by atoms with Crippen LogP contribution < -0.4 is 0 Å². The molecule has 0 atom stereocenters. The smallest absolute Gasteiger partial charge is 0.0708 e. The number of hydrogen-bond donors (Lipinski definition) is 0. The largest absolute Gasteiger partial charge is 0.264 e. The lowest BCUT2D eigenvalue weighted by atomic mass is 9.85. The van der Waals surface area contributed by atoms with Crippen LogP contribution in [0.4, 0.5) is 0 Å². The molecule has 0 N–H and O–H groups in total. The van der Waals surface area contributed by atoms with Gasteiger partial charge in [-0.05, 0) is 130 Å². The van der Waals surface area contributed by atoms with E-state index in [0.29, 0.717) is 0 Å². The summed E-state index contributed by atoms with van der Waals surface area (Å²) in [4.78, 5) is 13.5. The van der Waals surface area contributed by atoms with E-state index in [1.165, 1.54) is 87.6 Å². The van der Waals surface area contributed by atoms with Crippen molar-refractivity contribution in [1.82, 2.24) is 15.0 Å². The van der Waals surface area contributed by atoms with Gasteiger partial charge in [-0.3, -0.25) is 15.0 Å². The van der Waals surface area contributed by atoms with Crippen LogP contribution in [0.25, 0.3) is 109 Å². The first-order valence-electron chi connectivity index (χ1n) is 17.6. The van der Waals surface area contributed by atoms with Crippen molar-refractivity contribution in [3.63, 3.8) is 0 Å². The van der Waals surface area contributed by atoms with Gasteiger partial charge in [0.05, 0.1) is 5.52 Å². The van der Waals surface area contributed by atoms with Gasteiger partial charge >= 0.3 is 0 Å². The minimum absolute atomic E-state index is 1.01. The molecule has 52 heavy (non-hydrogen) atoms. The summed E-state index contributed by atoms with van der Waals surface area (Å²) in [5.74, 6) is 0. The average molecular weight is 660 g/mol. The number of hydrogen-bond acceptors (Lipinski definition) is 3. The van der Waals surface area contributed by atoms with Gasteiger partial charge in [-0.1, -0.05) is 103 Å². The van der Waals surface area contributed by atoms with Gasteiger partial charge in [0.2, 0.25) is 0 Å². The van der Waals surface area contributed by atoms with Crippen molar-refractivity contribution >= 4 is 64.8 Å². The van der Waals surface area contributed by atoms with Crippen LogP contribution in [0.15, 0.2) is 177 Å². The number of aromatic nitrogens is 3. The molecule has 0 saturated carbocycles. The Morgan fingerprint density at radius 1 is 0.308 bits per heavy atom. The lowest BCUT2D eigenvalue weighted by Gasteiger charge is -2.18. The highest BCUT2D eigenvalue weighted by Crippen LogP contribution is 2.44. The molecular weight excluding hydrogens is 631 g/mol. The number of nitrogens with zero attached hydrogens (tertiary/aromatic N) is 3. The highest BCUT2D eigenvalue weighted by Gasteiger charge is 2.17. The van der Waals surface area contributed by atoms with Gasteiger partial charge in [-0.2, -0.15) is 0 Å². The van der Waals surface area contributed by atoms with Gasteiger partial charge in [0, 0.05) is 47.1 Å². The summed E-state index contributed by atoms with van der Waals surface area (Å²) < 4.78 is 0. The standard InChI is InChI=1S/C49H29N3/c1-4-34-28-50-22-19-43(34)39(7-1)36-24-37(40-8-2-5-35-29-51-23-20-44(35)40)26-38(25-36)42-16-12-32-13-17-45-41(15-11-31-14-18-46(42)49(32)48(31)45)33-10-9-30-6-3-21-52-47(30)27-33/h1-29H. The fraction of sp³-hybridized carbons (Fsp3) is 0. The van der Waals surface area contributed by atoms with E-state index in [9.17, 15) is 0 Å². The molecule has 0 bridgehead atoms. The molecule has 0 amide bonds. The summed E-state index contributed by atoms with van der Waals surface area (Å²) in [6, 6.07) is 53.4. The molecule has 3 aromatic heterocycles. The zero-order valence-corrected chi connectivity index (χ0v) is 28.1. The topological polar surface area (TPSA) is 38.7 Å². The van der Waals surface area contributed by atoms with Crippen molar-refractivity contribution in [3.8, 4) is 44.5 Å². The third kappa shape index (κ3) is 4.43. The summed E-state index contributed by atoms with van der Waals surface area (Å²) in [7, 11) is 0. The van der Waals surface area contributed by atoms with E-state index in [1.807, 2.05) is 37.1 Å². The van der Waals surface area contributed by atoms with E-state index in [2.05, 4.69) is 154 Å². The number of pyridine rings is 3. The quantitative estimate of drug-likeness (QED) is 0.177. The molecule has 0 saturated heterocycles. The Hall–Kier alpha value is -6.97. The highest BCUT2D eigenvalue weighted by atomic mass is 14.6. The number of benzene rings is 8. The molecule has 0 fully saturated rings. The van der Waals surface area contributed by atoms with Crippen molar-refractivity contribution < 1.29 is 0 Å². The molecule has 11 rings (SSSR count). The van der Waals surface area contributed by atoms with Crippen molar-refractivity contribution in [2.75, 3.05) is 0 Å². The van der Waals surface area contributed by atoms with Gasteiger partial charge in [0.1, 0.15) is 0 Å². The van der Waals surface area contributed by atoms with E-state index >= 15 is 0 Å². The summed E-state index contributed by atoms with van der Waals surface area (Å²) >= 11 is 0. The molecule has 0 aliphatic heterocycles. The average Bonchev–Trinajstić information content (AvgIpc) is 3.22. The second-order valence-corrected chi connectivity index (χ2v) is 13.7. The fourth-order valence-electron chi connectivity index (χ4n) is 8.38. The Kier molecular flexibility index (Phi) is 6.25. The molecule has 8 aromatic carbocycles. The molecule has 3 heteroatoms. The Morgan fingerprint density at radius 2 is 0.808 bits per heavy atom. The lowest BCUT2D eigenvalue weighted by molar-refractivity contribution is 1.36. The fourth-order valence-corrected chi connectivity index (χ4v) is 8.38. The molecule has 0 radical (unpaired) electrons. The predicted molar refractivity (Wildman–Crippen MR) is 218 cm³/mol. The normalized spacial score (nSPS) is 11.8. The first kappa shape index (κ1) is 28.8. The monoisotopic (exact) mass is 659 g/mol. The van der Waals surface area contributed by atoms with Crippen molar-refractivity contribution in [2.45, 2.75) is 0 Å². The summed E-state index contributed by atoms with van der Waals surface area (Å²) in [6.07, 6.45) is 9.54. The molecule has 0 aliphatic rings. The molecule has 11 aromatic rings. The second kappa shape index (κ2) is 11.3. The molecule has 0 spiro atoms. The lowest BCUT2D eigenvalue weighted by Crippen LogP contribution is -1.91. The van der Waals surface area contributed by atoms with Crippen LogP contribution in [-0.4, -0.2) is 15.0 Å². The van der Waals surface area contributed by atoms with Crippen LogP contribution in [0.1, 0.15) is 0 Å². The number of rotatable bonds is 4. The van der Waals surface area contributed by atoms with Crippen LogP contribution in [0.2, 0.25) is 0 Å². The van der Waals surface area contributed by atoms with Gasteiger partial charge in [-0.15, -0.1) is 0 Å². The Morgan fingerprint density at radius 3 is 1.40 bits per heavy atom. The molecule has 240 valence electrons. The molecule has 3 nitrogen and oxygen atoms in total. The molecule has 0 unspecified atom stereocenters. The first-order valence-corrected chi connectivity index (χ1v) is 17.6. The van der Waals surface area contributed by atoms with Gasteiger partial charge in [0.15, 0.2) is 0 Å². The zero-order chi connectivity index (χ0) is 34.2. The van der Waals surface area contributed by atoms with Crippen LogP contribution in [0.5, 0.6) is 0 Å². The van der Waals surface area contributed by atoms with E-state index in [4.69, 9.17) is 0 Å². The SMILES string of the molecule is c1cnc2cc(-c3ccc4ccc5c(-c6cc(-c7cccc8cnccc78)cc(-c7cccc8cnccc78)c6)ccc6ccc3c4c65)ccc2c1.